The Labute approximate surface area is 175 Å². The highest BCUT2D eigenvalue weighted by Crippen LogP contribution is 2.24. The molecule has 10 heteroatoms. The Balaban J connectivity index is 1.41. The van der Waals surface area contributed by atoms with Gasteiger partial charge in [-0.05, 0) is 35.6 Å². The Morgan fingerprint density at radius 2 is 2.07 bits per heavy atom. The second-order valence-electron chi connectivity index (χ2n) is 6.68. The zero-order valence-electron chi connectivity index (χ0n) is 15.4. The predicted octanol–water partition coefficient (Wildman–Crippen LogP) is 3.33. The van der Waals surface area contributed by atoms with Crippen LogP contribution in [0.5, 0.6) is 0 Å². The number of aromatic nitrogens is 2. The number of nitrogens with one attached hydrogen (secondary N) is 1. The third-order valence-corrected chi connectivity index (χ3v) is 6.24. The molecule has 29 heavy (non-hydrogen) atoms. The van der Waals surface area contributed by atoms with Crippen molar-refractivity contribution in [2.45, 2.75) is 13.0 Å². The first-order chi connectivity index (χ1) is 14.0. The fourth-order valence-corrected chi connectivity index (χ4v) is 4.39. The summed E-state index contributed by atoms with van der Waals surface area (Å²) in [6.45, 7) is 3.43. The number of hydrogen-bond donors (Lipinski definition) is 1. The number of nitro benzene ring substituents is 1. The number of anilines is 1. The maximum absolute atomic E-state index is 12.6. The highest BCUT2D eigenvalue weighted by molar-refractivity contribution is 7.10. The third-order valence-electron chi connectivity index (χ3n) is 4.85. The number of hydrogen-bond acceptors (Lipinski definition) is 7. The molecule has 3 heterocycles. The van der Waals surface area contributed by atoms with Crippen LogP contribution in [0, 0.1) is 10.1 Å². The number of halogens is 1. The van der Waals surface area contributed by atoms with Crippen molar-refractivity contribution in [1.82, 2.24) is 14.7 Å². The summed E-state index contributed by atoms with van der Waals surface area (Å²) >= 11 is 8.06. The van der Waals surface area contributed by atoms with Gasteiger partial charge in [-0.15, -0.1) is 11.3 Å². The van der Waals surface area contributed by atoms with Gasteiger partial charge in [0.15, 0.2) is 0 Å². The van der Waals surface area contributed by atoms with Gasteiger partial charge in [0.25, 0.3) is 11.2 Å². The molecule has 0 aliphatic carbocycles. The van der Waals surface area contributed by atoms with Gasteiger partial charge in [0.1, 0.15) is 5.02 Å². The zero-order valence-corrected chi connectivity index (χ0v) is 16.9. The molecule has 1 aliphatic heterocycles. The molecule has 1 aromatic carbocycles. The summed E-state index contributed by atoms with van der Waals surface area (Å²) in [5, 5.41) is 20.3. The number of non-ortho nitro benzene ring substituents is 1. The highest BCUT2D eigenvalue weighted by atomic mass is 35.5. The lowest BCUT2D eigenvalue weighted by Crippen LogP contribution is -2.33. The van der Waals surface area contributed by atoms with E-state index in [1.165, 1.54) is 40.9 Å². The number of fused-ring (bicyclic) bond motifs is 1. The number of nitrogens with zero attached hydrogens (tertiary/aromatic N) is 4. The minimum absolute atomic E-state index is 0.0390. The van der Waals surface area contributed by atoms with Gasteiger partial charge in [0.05, 0.1) is 22.5 Å². The second-order valence-corrected chi connectivity index (χ2v) is 8.06. The quantitative estimate of drug-likeness (QED) is 0.475. The van der Waals surface area contributed by atoms with Crippen molar-refractivity contribution in [1.29, 1.82) is 0 Å². The molecule has 2 aromatic heterocycles. The van der Waals surface area contributed by atoms with Crippen LogP contribution < -0.4 is 10.9 Å². The summed E-state index contributed by atoms with van der Waals surface area (Å²) in [5.41, 5.74) is 1.74. The van der Waals surface area contributed by atoms with Gasteiger partial charge >= 0.3 is 0 Å². The van der Waals surface area contributed by atoms with Crippen molar-refractivity contribution >= 4 is 34.3 Å². The van der Waals surface area contributed by atoms with Crippen molar-refractivity contribution < 1.29 is 4.92 Å². The van der Waals surface area contributed by atoms with Crippen LogP contribution in [0.25, 0.3) is 5.69 Å². The number of benzene rings is 1. The summed E-state index contributed by atoms with van der Waals surface area (Å²) in [6, 6.07) is 7.75. The molecule has 4 rings (SSSR count). The molecule has 0 amide bonds. The Bertz CT molecular complexity index is 1100. The van der Waals surface area contributed by atoms with Crippen LogP contribution in [0.2, 0.25) is 5.02 Å². The standard InChI is InChI=1S/C19H18ClN5O3S/c20-18-16(21-7-9-23-8-5-17-13(12-23)6-10-29-17)11-22-24(19(18)26)14-1-3-15(4-2-14)25(27)28/h1-4,6,10-11,21H,5,7-9,12H2. The van der Waals surface area contributed by atoms with E-state index in [9.17, 15) is 14.9 Å². The Hall–Kier alpha value is -2.75. The Morgan fingerprint density at radius 1 is 1.28 bits per heavy atom. The maximum atomic E-state index is 12.6. The lowest BCUT2D eigenvalue weighted by Gasteiger charge is -2.26. The van der Waals surface area contributed by atoms with Crippen LogP contribution in [-0.4, -0.2) is 39.2 Å². The Morgan fingerprint density at radius 3 is 2.83 bits per heavy atom. The number of rotatable bonds is 6. The molecule has 0 bridgehead atoms. The minimum atomic E-state index is -0.499. The predicted molar refractivity (Wildman–Crippen MR) is 113 cm³/mol. The topological polar surface area (TPSA) is 93.3 Å². The van der Waals surface area contributed by atoms with Gasteiger partial charge in [-0.3, -0.25) is 19.8 Å². The molecule has 0 saturated carbocycles. The zero-order chi connectivity index (χ0) is 20.4. The molecule has 1 N–H and O–H groups in total. The lowest BCUT2D eigenvalue weighted by molar-refractivity contribution is -0.384. The molecule has 0 radical (unpaired) electrons. The molecule has 0 unspecified atom stereocenters. The van der Waals surface area contributed by atoms with E-state index in [4.69, 9.17) is 11.6 Å². The SMILES string of the molecule is O=c1c(Cl)c(NCCN2CCc3sccc3C2)cnn1-c1ccc([N+](=O)[O-])cc1. The van der Waals surface area contributed by atoms with E-state index in [1.54, 1.807) is 0 Å². The van der Waals surface area contributed by atoms with Crippen LogP contribution in [0.1, 0.15) is 10.4 Å². The van der Waals surface area contributed by atoms with E-state index in [2.05, 4.69) is 26.8 Å². The molecule has 150 valence electrons. The lowest BCUT2D eigenvalue weighted by atomic mass is 10.1. The van der Waals surface area contributed by atoms with E-state index in [1.807, 2.05) is 11.3 Å². The maximum Gasteiger partial charge on any atom is 0.292 e. The Kier molecular flexibility index (Phi) is 5.61. The van der Waals surface area contributed by atoms with Crippen LogP contribution in [0.15, 0.2) is 46.7 Å². The first kappa shape index (κ1) is 19.6. The largest absolute Gasteiger partial charge is 0.381 e. The van der Waals surface area contributed by atoms with Gasteiger partial charge in [-0.2, -0.15) is 9.78 Å². The van der Waals surface area contributed by atoms with Crippen LogP contribution >= 0.6 is 22.9 Å². The summed E-state index contributed by atoms with van der Waals surface area (Å²) in [6.07, 6.45) is 2.57. The van der Waals surface area contributed by atoms with E-state index < -0.39 is 10.5 Å². The smallest absolute Gasteiger partial charge is 0.292 e. The van der Waals surface area contributed by atoms with Gasteiger partial charge in [-0.25, -0.2) is 0 Å². The van der Waals surface area contributed by atoms with E-state index >= 15 is 0 Å². The normalized spacial score (nSPS) is 13.8. The van der Waals surface area contributed by atoms with E-state index in [-0.39, 0.29) is 10.7 Å². The molecular weight excluding hydrogens is 414 g/mol. The van der Waals surface area contributed by atoms with Gasteiger partial charge in [-0.1, -0.05) is 11.6 Å². The molecular formula is C19H18ClN5O3S. The molecule has 1 aliphatic rings. The molecule has 0 atom stereocenters. The van der Waals surface area contributed by atoms with Crippen molar-refractivity contribution in [3.63, 3.8) is 0 Å². The van der Waals surface area contributed by atoms with E-state index in [0.717, 1.165) is 30.7 Å². The summed E-state index contributed by atoms with van der Waals surface area (Å²) in [4.78, 5) is 26.7. The highest BCUT2D eigenvalue weighted by Gasteiger charge is 2.17. The molecule has 0 spiro atoms. The average Bonchev–Trinajstić information content (AvgIpc) is 3.19. The summed E-state index contributed by atoms with van der Waals surface area (Å²) in [5.74, 6) is 0. The van der Waals surface area contributed by atoms with Crippen molar-refractivity contribution in [3.8, 4) is 5.69 Å². The van der Waals surface area contributed by atoms with Gasteiger partial charge in [0, 0.05) is 43.2 Å². The number of thiophene rings is 1. The second kappa shape index (κ2) is 8.32. The van der Waals surface area contributed by atoms with E-state index in [0.29, 0.717) is 17.9 Å². The van der Waals surface area contributed by atoms with Gasteiger partial charge < -0.3 is 5.32 Å². The minimum Gasteiger partial charge on any atom is -0.381 e. The average molecular weight is 432 g/mol. The van der Waals surface area contributed by atoms with Crippen molar-refractivity contribution in [3.05, 3.63) is 77.8 Å². The van der Waals surface area contributed by atoms with Crippen LogP contribution in [0.4, 0.5) is 11.4 Å². The molecule has 8 nitrogen and oxygen atoms in total. The summed E-state index contributed by atoms with van der Waals surface area (Å²) < 4.78 is 1.12. The first-order valence-electron chi connectivity index (χ1n) is 9.07. The molecule has 0 saturated heterocycles. The van der Waals surface area contributed by atoms with Crippen LogP contribution in [-0.2, 0) is 13.0 Å². The summed E-state index contributed by atoms with van der Waals surface area (Å²) in [7, 11) is 0. The molecule has 0 fully saturated rings. The first-order valence-corrected chi connectivity index (χ1v) is 10.3. The van der Waals surface area contributed by atoms with Crippen LogP contribution in [0.3, 0.4) is 0 Å². The fraction of sp³-hybridized carbons (Fsp3) is 0.263. The van der Waals surface area contributed by atoms with Crippen molar-refractivity contribution in [2.24, 2.45) is 0 Å². The monoisotopic (exact) mass is 431 g/mol. The number of nitro groups is 1. The van der Waals surface area contributed by atoms with Crippen molar-refractivity contribution in [2.75, 3.05) is 25.0 Å². The fourth-order valence-electron chi connectivity index (χ4n) is 3.30. The molecule has 3 aromatic rings. The third kappa shape index (κ3) is 4.16. The van der Waals surface area contributed by atoms with Gasteiger partial charge in [0.2, 0.25) is 0 Å².